The fraction of sp³-hybridized carbons (Fsp3) is 0.250. The summed E-state index contributed by atoms with van der Waals surface area (Å²) < 4.78 is 5.88. The number of ether oxygens (including phenoxy) is 1. The van der Waals surface area contributed by atoms with E-state index in [1.165, 1.54) is 4.57 Å². The second-order valence-corrected chi connectivity index (χ2v) is 3.81. The van der Waals surface area contributed by atoms with Crippen LogP contribution in [0.3, 0.4) is 0 Å². The van der Waals surface area contributed by atoms with Crippen LogP contribution in [-0.2, 0) is 43.9 Å². The van der Waals surface area contributed by atoms with Gasteiger partial charge in [0.25, 0.3) is 5.56 Å². The van der Waals surface area contributed by atoms with E-state index in [4.69, 9.17) is 4.74 Å². The summed E-state index contributed by atoms with van der Waals surface area (Å²) in [4.78, 5) is 27.5. The maximum absolute atomic E-state index is 12.1. The number of aromatic nitrogens is 2. The van der Waals surface area contributed by atoms with Gasteiger partial charge < -0.3 is 33.8 Å². The van der Waals surface area contributed by atoms with Crippen molar-refractivity contribution in [3.8, 4) is 5.88 Å². The molecule has 0 bridgehead atoms. The zero-order valence-corrected chi connectivity index (χ0v) is 13.3. The van der Waals surface area contributed by atoms with Crippen LogP contribution in [0.4, 0.5) is 0 Å². The second kappa shape index (κ2) is 5.80. The number of hydrogen-bond donors (Lipinski definition) is 1. The molecule has 19 heavy (non-hydrogen) atoms. The van der Waals surface area contributed by atoms with Gasteiger partial charge in [0, 0.05) is 32.7 Å². The predicted molar refractivity (Wildman–Crippen MR) is 63.8 cm³/mol. The molecule has 1 aliphatic heterocycles. The molecule has 2 rings (SSSR count). The fourth-order valence-corrected chi connectivity index (χ4v) is 1.78. The van der Waals surface area contributed by atoms with E-state index < -0.39 is 23.0 Å². The van der Waals surface area contributed by atoms with E-state index in [2.05, 4.69) is 18.8 Å². The van der Waals surface area contributed by atoms with E-state index in [1.54, 1.807) is 6.92 Å². The van der Waals surface area contributed by atoms with E-state index in [-0.39, 0.29) is 39.3 Å². The van der Waals surface area contributed by atoms with Gasteiger partial charge in [0.15, 0.2) is 5.56 Å². The minimum absolute atomic E-state index is 0. The summed E-state index contributed by atoms with van der Waals surface area (Å²) in [6.07, 6.45) is 0.324. The van der Waals surface area contributed by atoms with Crippen molar-refractivity contribution in [2.24, 2.45) is 0 Å². The van der Waals surface area contributed by atoms with Crippen molar-refractivity contribution in [2.75, 3.05) is 6.61 Å². The Morgan fingerprint density at radius 1 is 1.53 bits per heavy atom. The van der Waals surface area contributed by atoms with Gasteiger partial charge in [0.1, 0.15) is 0 Å². The molecule has 0 saturated carbocycles. The van der Waals surface area contributed by atoms with Crippen LogP contribution in [0.25, 0.3) is 5.70 Å². The summed E-state index contributed by atoms with van der Waals surface area (Å²) in [5.74, 6) is -1.19. The van der Waals surface area contributed by atoms with Crippen LogP contribution in [0, 0.1) is 13.8 Å². The Labute approximate surface area is 135 Å². The summed E-state index contributed by atoms with van der Waals surface area (Å²) in [6, 6.07) is 0. The number of carbonyl (C=O) groups excluding carboxylic acids is 1. The van der Waals surface area contributed by atoms with Gasteiger partial charge in [-0.05, 0) is 6.92 Å². The molecule has 0 aliphatic carbocycles. The van der Waals surface area contributed by atoms with Crippen LogP contribution in [-0.4, -0.2) is 27.2 Å². The summed E-state index contributed by atoms with van der Waals surface area (Å²) in [6.45, 7) is 9.15. The van der Waals surface area contributed by atoms with Crippen molar-refractivity contribution in [2.45, 2.75) is 13.3 Å². The molecule has 0 fully saturated rings. The SMILES string of the molecule is [CH2-]C1=C([CH2-])n2c(nc(O)c(C(=O)OCC)c2=O)C1.[Y]. The van der Waals surface area contributed by atoms with Crippen LogP contribution in [0.1, 0.15) is 23.1 Å². The maximum Gasteiger partial charge on any atom is 0.349 e. The van der Waals surface area contributed by atoms with Crippen molar-refractivity contribution >= 4 is 11.7 Å². The first-order valence-corrected chi connectivity index (χ1v) is 5.36. The summed E-state index contributed by atoms with van der Waals surface area (Å²) in [7, 11) is 0. The number of hydrogen-bond acceptors (Lipinski definition) is 5. The summed E-state index contributed by atoms with van der Waals surface area (Å²) in [5.41, 5.74) is -0.149. The number of esters is 1. The Morgan fingerprint density at radius 3 is 2.74 bits per heavy atom. The second-order valence-electron chi connectivity index (χ2n) is 3.81. The van der Waals surface area contributed by atoms with Gasteiger partial charge in [0.2, 0.25) is 5.88 Å². The average Bonchev–Trinajstić information content (AvgIpc) is 2.54. The van der Waals surface area contributed by atoms with Crippen molar-refractivity contribution in [1.82, 2.24) is 9.55 Å². The summed E-state index contributed by atoms with van der Waals surface area (Å²) in [5, 5.41) is 9.64. The standard InChI is InChI=1S/C12H12N2O4.Y/c1-4-18-12(17)9-10(15)13-8-5-6(2)7(3)14(8)11(9)16;/h15H,2-5H2,1H3;/q-2;. The number of rotatable bonds is 2. The van der Waals surface area contributed by atoms with E-state index >= 15 is 0 Å². The molecule has 0 saturated heterocycles. The minimum Gasteiger partial charge on any atom is -0.492 e. The molecule has 1 aliphatic rings. The molecule has 6 nitrogen and oxygen atoms in total. The molecule has 7 heteroatoms. The number of aromatic hydroxyl groups is 1. The van der Waals surface area contributed by atoms with E-state index in [0.717, 1.165) is 0 Å². The van der Waals surface area contributed by atoms with Crippen LogP contribution >= 0.6 is 0 Å². The van der Waals surface area contributed by atoms with Gasteiger partial charge in [-0.2, -0.15) is 0 Å². The smallest absolute Gasteiger partial charge is 0.349 e. The van der Waals surface area contributed by atoms with Crippen molar-refractivity contribution in [1.29, 1.82) is 0 Å². The molecule has 99 valence electrons. The Kier molecular flexibility index (Phi) is 4.82. The van der Waals surface area contributed by atoms with Gasteiger partial charge >= 0.3 is 5.97 Å². The van der Waals surface area contributed by atoms with Crippen molar-refractivity contribution in [3.05, 3.63) is 41.2 Å². The zero-order chi connectivity index (χ0) is 13.4. The topological polar surface area (TPSA) is 81.4 Å². The summed E-state index contributed by atoms with van der Waals surface area (Å²) >= 11 is 0. The largest absolute Gasteiger partial charge is 0.492 e. The first-order valence-electron chi connectivity index (χ1n) is 5.36. The van der Waals surface area contributed by atoms with Crippen LogP contribution in [0.15, 0.2) is 10.4 Å². The molecule has 0 atom stereocenters. The molecule has 1 aromatic rings. The van der Waals surface area contributed by atoms with Gasteiger partial charge in [-0.1, -0.05) is 6.42 Å². The molecule has 0 unspecified atom stereocenters. The van der Waals surface area contributed by atoms with Gasteiger partial charge in [-0.3, -0.25) is 10.5 Å². The Morgan fingerprint density at radius 2 is 2.16 bits per heavy atom. The molecular weight excluding hydrogens is 325 g/mol. The fourth-order valence-electron chi connectivity index (χ4n) is 1.78. The van der Waals surface area contributed by atoms with E-state index in [1.807, 2.05) is 0 Å². The molecule has 2 heterocycles. The van der Waals surface area contributed by atoms with Crippen LogP contribution in [0.2, 0.25) is 0 Å². The van der Waals surface area contributed by atoms with Crippen molar-refractivity contribution < 1.29 is 47.3 Å². The number of fused-ring (bicyclic) bond motifs is 1. The third-order valence-electron chi connectivity index (χ3n) is 2.66. The van der Waals surface area contributed by atoms with E-state index in [0.29, 0.717) is 23.5 Å². The molecular formula is C12H12N2O4Y-2. The first-order chi connectivity index (χ1) is 8.47. The predicted octanol–water partition coefficient (Wildman–Crippen LogP) is 0.558. The quantitative estimate of drug-likeness (QED) is 0.630. The third kappa shape index (κ3) is 2.55. The number of nitrogens with zero attached hydrogens (tertiary/aromatic N) is 2. The van der Waals surface area contributed by atoms with Gasteiger partial charge in [-0.15, -0.1) is 0 Å². The number of carbonyl (C=O) groups is 1. The Bertz CT molecular complexity index is 619. The first kappa shape index (κ1) is 15.8. The van der Waals surface area contributed by atoms with Crippen molar-refractivity contribution in [3.63, 3.8) is 0 Å². The molecule has 1 radical (unpaired) electrons. The Balaban J connectivity index is 0.00000180. The zero-order valence-electron chi connectivity index (χ0n) is 10.5. The van der Waals surface area contributed by atoms with E-state index in [9.17, 15) is 14.7 Å². The average molecular weight is 337 g/mol. The minimum atomic E-state index is -0.895. The Hall–Kier alpha value is -1.27. The molecule has 0 spiro atoms. The maximum atomic E-state index is 12.1. The van der Waals surface area contributed by atoms with Gasteiger partial charge in [-0.25, -0.2) is 9.78 Å². The monoisotopic (exact) mass is 337 g/mol. The number of allylic oxidation sites excluding steroid dienone is 2. The van der Waals surface area contributed by atoms with Gasteiger partial charge in [0.05, 0.1) is 12.4 Å². The molecule has 1 N–H and O–H groups in total. The van der Waals surface area contributed by atoms with Crippen LogP contribution in [0.5, 0.6) is 5.88 Å². The molecule has 1 aromatic heterocycles. The van der Waals surface area contributed by atoms with Crippen LogP contribution < -0.4 is 5.56 Å². The normalized spacial score (nSPS) is 12.9. The third-order valence-corrected chi connectivity index (χ3v) is 2.66. The molecule has 0 aromatic carbocycles. The molecule has 0 amide bonds.